The summed E-state index contributed by atoms with van der Waals surface area (Å²) < 4.78 is 16.3. The molecule has 0 aliphatic carbocycles. The van der Waals surface area contributed by atoms with Gasteiger partial charge in [-0.2, -0.15) is 0 Å². The number of hydrogen-bond donors (Lipinski definition) is 0. The molecule has 5 aromatic rings. The second-order valence-electron chi connectivity index (χ2n) is 7.02. The summed E-state index contributed by atoms with van der Waals surface area (Å²) in [4.78, 5) is 13.1. The molecule has 0 N–H and O–H groups in total. The van der Waals surface area contributed by atoms with Crippen LogP contribution in [0.25, 0.3) is 39.2 Å². The number of benzene rings is 2. The standard InChI is InChI=1S/C23H14BrClFN5/c1-13-8-17-9-15(2-3-16(17)12-28-13)23-29-22(14-6-7-27-21(25)10-14)30-31(23)18-4-5-19(24)20(26)11-18/h2-12H,1H3. The summed E-state index contributed by atoms with van der Waals surface area (Å²) in [6, 6.07) is 16.3. The van der Waals surface area contributed by atoms with E-state index in [1.54, 1.807) is 35.1 Å². The maximum atomic E-state index is 14.3. The Kier molecular flexibility index (Phi) is 5.00. The molecule has 3 aromatic heterocycles. The van der Waals surface area contributed by atoms with Crippen LogP contribution < -0.4 is 0 Å². The van der Waals surface area contributed by atoms with Gasteiger partial charge >= 0.3 is 0 Å². The topological polar surface area (TPSA) is 56.5 Å². The van der Waals surface area contributed by atoms with Crippen molar-refractivity contribution >= 4 is 38.3 Å². The Labute approximate surface area is 190 Å². The van der Waals surface area contributed by atoms with Gasteiger partial charge in [-0.3, -0.25) is 4.98 Å². The van der Waals surface area contributed by atoms with Crippen LogP contribution in [-0.2, 0) is 0 Å². The third-order valence-electron chi connectivity index (χ3n) is 4.86. The fourth-order valence-corrected chi connectivity index (χ4v) is 3.77. The first-order chi connectivity index (χ1) is 15.0. The molecule has 152 valence electrons. The van der Waals surface area contributed by atoms with Crippen molar-refractivity contribution in [3.63, 3.8) is 0 Å². The first kappa shape index (κ1) is 19.8. The van der Waals surface area contributed by atoms with Crippen molar-refractivity contribution in [2.45, 2.75) is 6.92 Å². The predicted molar refractivity (Wildman–Crippen MR) is 123 cm³/mol. The fourth-order valence-electron chi connectivity index (χ4n) is 3.35. The second-order valence-corrected chi connectivity index (χ2v) is 8.27. The minimum absolute atomic E-state index is 0.346. The Morgan fingerprint density at radius 2 is 1.81 bits per heavy atom. The van der Waals surface area contributed by atoms with Gasteiger partial charge < -0.3 is 0 Å². The lowest BCUT2D eigenvalue weighted by Gasteiger charge is -2.08. The largest absolute Gasteiger partial charge is 0.261 e. The SMILES string of the molecule is Cc1cc2cc(-c3nc(-c4ccnc(Cl)c4)nn3-c3ccc(Br)c(F)c3)ccc2cn1. The van der Waals surface area contributed by atoms with Gasteiger partial charge in [-0.05, 0) is 64.6 Å². The molecule has 0 aliphatic heterocycles. The van der Waals surface area contributed by atoms with Gasteiger partial charge in [0.25, 0.3) is 0 Å². The highest BCUT2D eigenvalue weighted by atomic mass is 79.9. The van der Waals surface area contributed by atoms with Gasteiger partial charge in [0.2, 0.25) is 0 Å². The molecule has 0 atom stereocenters. The molecule has 0 radical (unpaired) electrons. The monoisotopic (exact) mass is 493 g/mol. The van der Waals surface area contributed by atoms with Crippen molar-refractivity contribution in [3.05, 3.63) is 88.1 Å². The summed E-state index contributed by atoms with van der Waals surface area (Å²) in [5.41, 5.74) is 3.05. The maximum Gasteiger partial charge on any atom is 0.182 e. The van der Waals surface area contributed by atoms with E-state index in [0.29, 0.717) is 27.0 Å². The van der Waals surface area contributed by atoms with Crippen LogP contribution >= 0.6 is 27.5 Å². The van der Waals surface area contributed by atoms with Crippen LogP contribution in [0.15, 0.2) is 71.5 Å². The van der Waals surface area contributed by atoms with Crippen molar-refractivity contribution in [2.24, 2.45) is 0 Å². The van der Waals surface area contributed by atoms with Crippen molar-refractivity contribution in [2.75, 3.05) is 0 Å². The molecule has 5 nitrogen and oxygen atoms in total. The molecule has 31 heavy (non-hydrogen) atoms. The van der Waals surface area contributed by atoms with Crippen LogP contribution in [0.1, 0.15) is 5.69 Å². The van der Waals surface area contributed by atoms with E-state index in [0.717, 1.165) is 27.6 Å². The number of aryl methyl sites for hydroxylation is 1. The van der Waals surface area contributed by atoms with Crippen molar-refractivity contribution in [1.82, 2.24) is 24.7 Å². The highest BCUT2D eigenvalue weighted by Gasteiger charge is 2.17. The van der Waals surface area contributed by atoms with Crippen LogP contribution in [0, 0.1) is 12.7 Å². The molecule has 3 heterocycles. The molecular weight excluding hydrogens is 481 g/mol. The van der Waals surface area contributed by atoms with Crippen molar-refractivity contribution in [3.8, 4) is 28.5 Å². The molecule has 0 fully saturated rings. The van der Waals surface area contributed by atoms with E-state index in [4.69, 9.17) is 16.6 Å². The number of halogens is 3. The zero-order valence-corrected chi connectivity index (χ0v) is 18.6. The lowest BCUT2D eigenvalue weighted by atomic mass is 10.1. The molecule has 0 bridgehead atoms. The Bertz CT molecular complexity index is 1450. The molecule has 0 unspecified atom stereocenters. The summed E-state index contributed by atoms with van der Waals surface area (Å²) in [5.74, 6) is 0.669. The van der Waals surface area contributed by atoms with E-state index in [9.17, 15) is 4.39 Å². The molecule has 0 saturated carbocycles. The number of aromatic nitrogens is 5. The van der Waals surface area contributed by atoms with Gasteiger partial charge in [0.1, 0.15) is 11.0 Å². The number of nitrogens with zero attached hydrogens (tertiary/aromatic N) is 5. The lowest BCUT2D eigenvalue weighted by molar-refractivity contribution is 0.619. The molecule has 8 heteroatoms. The summed E-state index contributed by atoms with van der Waals surface area (Å²) in [6.07, 6.45) is 3.44. The van der Waals surface area contributed by atoms with Crippen LogP contribution in [-0.4, -0.2) is 24.7 Å². The summed E-state index contributed by atoms with van der Waals surface area (Å²) in [6.45, 7) is 1.95. The third kappa shape index (κ3) is 3.82. The van der Waals surface area contributed by atoms with Gasteiger partial charge in [-0.1, -0.05) is 23.7 Å². The van der Waals surface area contributed by atoms with Crippen LogP contribution in [0.4, 0.5) is 4.39 Å². The summed E-state index contributed by atoms with van der Waals surface area (Å²) in [5, 5.41) is 7.07. The number of pyridine rings is 2. The zero-order valence-electron chi connectivity index (χ0n) is 16.2. The zero-order chi connectivity index (χ0) is 21.5. The molecule has 0 amide bonds. The van der Waals surface area contributed by atoms with Gasteiger partial charge in [0.15, 0.2) is 11.6 Å². The number of rotatable bonds is 3. The predicted octanol–water partition coefficient (Wildman–Crippen LogP) is 6.41. The van der Waals surface area contributed by atoms with Gasteiger partial charge in [0, 0.05) is 40.7 Å². The molecular formula is C23H14BrClFN5. The van der Waals surface area contributed by atoms with Crippen LogP contribution in [0.5, 0.6) is 0 Å². The Morgan fingerprint density at radius 3 is 2.61 bits per heavy atom. The van der Waals surface area contributed by atoms with Gasteiger partial charge in [-0.15, -0.1) is 5.10 Å². The van der Waals surface area contributed by atoms with Gasteiger partial charge in [-0.25, -0.2) is 19.0 Å². The Balaban J connectivity index is 1.73. The van der Waals surface area contributed by atoms with Crippen LogP contribution in [0.3, 0.4) is 0 Å². The summed E-state index contributed by atoms with van der Waals surface area (Å²) in [7, 11) is 0. The Morgan fingerprint density at radius 1 is 0.935 bits per heavy atom. The lowest BCUT2D eigenvalue weighted by Crippen LogP contribution is -2.00. The molecule has 0 spiro atoms. The average Bonchev–Trinajstić information content (AvgIpc) is 3.21. The van der Waals surface area contributed by atoms with Crippen LogP contribution in [0.2, 0.25) is 5.15 Å². The molecule has 0 saturated heterocycles. The Hall–Kier alpha value is -3.16. The molecule has 2 aromatic carbocycles. The normalized spacial score (nSPS) is 11.2. The van der Waals surface area contributed by atoms with E-state index in [2.05, 4.69) is 31.0 Å². The van der Waals surface area contributed by atoms with Crippen molar-refractivity contribution < 1.29 is 4.39 Å². The minimum atomic E-state index is -0.382. The smallest absolute Gasteiger partial charge is 0.182 e. The van der Waals surface area contributed by atoms with Crippen molar-refractivity contribution in [1.29, 1.82) is 0 Å². The molecule has 0 aliphatic rings. The second kappa shape index (κ2) is 7.83. The maximum absolute atomic E-state index is 14.3. The highest BCUT2D eigenvalue weighted by molar-refractivity contribution is 9.10. The number of fused-ring (bicyclic) bond motifs is 1. The quantitative estimate of drug-likeness (QED) is 0.272. The summed E-state index contributed by atoms with van der Waals surface area (Å²) >= 11 is 9.26. The van der Waals surface area contributed by atoms with Gasteiger partial charge in [0.05, 0.1) is 10.2 Å². The first-order valence-electron chi connectivity index (χ1n) is 9.39. The van der Waals surface area contributed by atoms with E-state index in [-0.39, 0.29) is 5.82 Å². The fraction of sp³-hybridized carbons (Fsp3) is 0.0435. The van der Waals surface area contributed by atoms with E-state index in [1.165, 1.54) is 6.07 Å². The van der Waals surface area contributed by atoms with E-state index in [1.807, 2.05) is 37.4 Å². The van der Waals surface area contributed by atoms with E-state index < -0.39 is 0 Å². The number of hydrogen-bond acceptors (Lipinski definition) is 4. The first-order valence-corrected chi connectivity index (χ1v) is 10.6. The minimum Gasteiger partial charge on any atom is -0.261 e. The molecule has 5 rings (SSSR count). The highest BCUT2D eigenvalue weighted by Crippen LogP contribution is 2.29. The van der Waals surface area contributed by atoms with E-state index >= 15 is 0 Å². The third-order valence-corrected chi connectivity index (χ3v) is 5.71. The average molecular weight is 495 g/mol.